The van der Waals surface area contributed by atoms with Crippen molar-refractivity contribution >= 4 is 5.97 Å². The van der Waals surface area contributed by atoms with Crippen LogP contribution in [0.2, 0.25) is 0 Å². The van der Waals surface area contributed by atoms with Crippen LogP contribution in [0.3, 0.4) is 0 Å². The number of nitrogens with one attached hydrogen (secondary N) is 1. The second kappa shape index (κ2) is 7.78. The van der Waals surface area contributed by atoms with Crippen molar-refractivity contribution in [3.63, 3.8) is 0 Å². The van der Waals surface area contributed by atoms with Crippen molar-refractivity contribution < 1.29 is 9.53 Å². The summed E-state index contributed by atoms with van der Waals surface area (Å²) in [5, 5.41) is 3.35. The van der Waals surface area contributed by atoms with E-state index in [-0.39, 0.29) is 11.6 Å². The third kappa shape index (κ3) is 5.38. The first-order valence-electron chi connectivity index (χ1n) is 7.49. The molecule has 0 spiro atoms. The number of ether oxygens (including phenoxy) is 1. The van der Waals surface area contributed by atoms with Gasteiger partial charge in [-0.3, -0.25) is 4.79 Å². The Kier molecular flexibility index (Phi) is 6.69. The Hall–Kier alpha value is -0.570. The molecule has 106 valence electrons. The molecule has 1 saturated heterocycles. The summed E-state index contributed by atoms with van der Waals surface area (Å²) in [6, 6.07) is 0. The van der Waals surface area contributed by atoms with Crippen LogP contribution in [-0.4, -0.2) is 24.7 Å². The van der Waals surface area contributed by atoms with Gasteiger partial charge in [-0.15, -0.1) is 0 Å². The first-order valence-corrected chi connectivity index (χ1v) is 7.49. The molecule has 1 aliphatic heterocycles. The quantitative estimate of drug-likeness (QED) is 0.560. The molecule has 0 bridgehead atoms. The highest BCUT2D eigenvalue weighted by atomic mass is 16.6. The van der Waals surface area contributed by atoms with Gasteiger partial charge in [0.15, 0.2) is 0 Å². The molecule has 0 unspecified atom stereocenters. The second-order valence-electron chi connectivity index (χ2n) is 5.91. The van der Waals surface area contributed by atoms with Gasteiger partial charge in [0.1, 0.15) is 5.60 Å². The smallest absolute Gasteiger partial charge is 0.306 e. The Bertz CT molecular complexity index is 245. The zero-order chi connectivity index (χ0) is 13.4. The minimum atomic E-state index is -0.302. The fraction of sp³-hybridized carbons (Fsp3) is 0.933. The van der Waals surface area contributed by atoms with Crippen molar-refractivity contribution in [2.24, 2.45) is 5.92 Å². The van der Waals surface area contributed by atoms with Gasteiger partial charge < -0.3 is 10.1 Å². The number of hydrogen-bond acceptors (Lipinski definition) is 3. The van der Waals surface area contributed by atoms with Crippen LogP contribution in [0.4, 0.5) is 0 Å². The average Bonchev–Trinajstić information content (AvgIpc) is 2.35. The molecule has 0 aromatic rings. The summed E-state index contributed by atoms with van der Waals surface area (Å²) in [5.41, 5.74) is -0.302. The van der Waals surface area contributed by atoms with Crippen molar-refractivity contribution in [1.29, 1.82) is 0 Å². The molecule has 1 N–H and O–H groups in total. The van der Waals surface area contributed by atoms with Crippen LogP contribution in [0.1, 0.15) is 65.7 Å². The van der Waals surface area contributed by atoms with E-state index >= 15 is 0 Å². The van der Waals surface area contributed by atoms with Crippen LogP contribution in [0.15, 0.2) is 0 Å². The molecule has 3 nitrogen and oxygen atoms in total. The first kappa shape index (κ1) is 15.5. The molecule has 1 rings (SSSR count). The van der Waals surface area contributed by atoms with E-state index in [1.165, 1.54) is 12.8 Å². The van der Waals surface area contributed by atoms with Gasteiger partial charge in [0.05, 0.1) is 0 Å². The Labute approximate surface area is 112 Å². The molecule has 0 amide bonds. The number of unbranched alkanes of at least 4 members (excludes halogenated alkanes) is 3. The maximum absolute atomic E-state index is 11.8. The van der Waals surface area contributed by atoms with Crippen molar-refractivity contribution in [2.45, 2.75) is 71.3 Å². The van der Waals surface area contributed by atoms with Crippen LogP contribution in [0.25, 0.3) is 0 Å². The summed E-state index contributed by atoms with van der Waals surface area (Å²) in [5.74, 6) is 0.480. The van der Waals surface area contributed by atoms with Crippen LogP contribution in [0, 0.1) is 5.92 Å². The average molecular weight is 255 g/mol. The number of rotatable bonds is 7. The molecular weight excluding hydrogens is 226 g/mol. The second-order valence-corrected chi connectivity index (χ2v) is 5.91. The number of carbonyl (C=O) groups excluding carboxylic acids is 1. The van der Waals surface area contributed by atoms with Gasteiger partial charge in [-0.1, -0.05) is 26.2 Å². The lowest BCUT2D eigenvalue weighted by molar-refractivity contribution is -0.162. The molecular formula is C15H29NO2. The molecule has 0 atom stereocenters. The van der Waals surface area contributed by atoms with Crippen LogP contribution >= 0.6 is 0 Å². The monoisotopic (exact) mass is 255 g/mol. The Morgan fingerprint density at radius 1 is 1.22 bits per heavy atom. The van der Waals surface area contributed by atoms with E-state index < -0.39 is 0 Å². The summed E-state index contributed by atoms with van der Waals surface area (Å²) < 4.78 is 5.69. The molecule has 0 aromatic carbocycles. The van der Waals surface area contributed by atoms with Crippen LogP contribution < -0.4 is 5.32 Å². The largest absolute Gasteiger partial charge is 0.459 e. The van der Waals surface area contributed by atoms with E-state index in [2.05, 4.69) is 26.1 Å². The summed E-state index contributed by atoms with van der Waals surface area (Å²) in [6.07, 6.45) is 7.32. The zero-order valence-electron chi connectivity index (χ0n) is 12.3. The van der Waals surface area contributed by atoms with E-state index in [4.69, 9.17) is 4.74 Å². The maximum atomic E-state index is 11.8. The van der Waals surface area contributed by atoms with Gasteiger partial charge in [-0.2, -0.15) is 0 Å². The molecule has 0 aliphatic carbocycles. The fourth-order valence-electron chi connectivity index (χ4n) is 2.64. The highest BCUT2D eigenvalue weighted by molar-refractivity contribution is 5.69. The van der Waals surface area contributed by atoms with Crippen LogP contribution in [-0.2, 0) is 9.53 Å². The molecule has 1 aliphatic rings. The highest BCUT2D eigenvalue weighted by Crippen LogP contribution is 2.29. The topological polar surface area (TPSA) is 38.3 Å². The molecule has 18 heavy (non-hydrogen) atoms. The number of piperidine rings is 1. The van der Waals surface area contributed by atoms with E-state index in [0.717, 1.165) is 38.8 Å². The minimum absolute atomic E-state index is 0.0189. The number of esters is 1. The normalized spacial score (nSPS) is 17.7. The van der Waals surface area contributed by atoms with E-state index in [1.807, 2.05) is 0 Å². The van der Waals surface area contributed by atoms with Gasteiger partial charge in [0, 0.05) is 12.3 Å². The van der Waals surface area contributed by atoms with Gasteiger partial charge in [0.25, 0.3) is 0 Å². The SMILES string of the molecule is CCCCCCC(=O)OC(C)(C)C1CCNCC1. The van der Waals surface area contributed by atoms with Crippen molar-refractivity contribution in [3.05, 3.63) is 0 Å². The highest BCUT2D eigenvalue weighted by Gasteiger charge is 2.33. The zero-order valence-corrected chi connectivity index (χ0v) is 12.3. The summed E-state index contributed by atoms with van der Waals surface area (Å²) in [6.45, 7) is 8.39. The summed E-state index contributed by atoms with van der Waals surface area (Å²) in [4.78, 5) is 11.8. The standard InChI is InChI=1S/C15H29NO2/c1-4-5-6-7-8-14(17)18-15(2,3)13-9-11-16-12-10-13/h13,16H,4-12H2,1-3H3. The molecule has 0 aromatic heterocycles. The lowest BCUT2D eigenvalue weighted by atomic mass is 9.83. The van der Waals surface area contributed by atoms with Crippen molar-refractivity contribution in [2.75, 3.05) is 13.1 Å². The van der Waals surface area contributed by atoms with Gasteiger partial charge >= 0.3 is 5.97 Å². The molecule has 1 fully saturated rings. The van der Waals surface area contributed by atoms with E-state index in [0.29, 0.717) is 12.3 Å². The van der Waals surface area contributed by atoms with Gasteiger partial charge in [-0.25, -0.2) is 0 Å². The first-order chi connectivity index (χ1) is 8.56. The van der Waals surface area contributed by atoms with E-state index in [9.17, 15) is 4.79 Å². The van der Waals surface area contributed by atoms with E-state index in [1.54, 1.807) is 0 Å². The Morgan fingerprint density at radius 2 is 1.89 bits per heavy atom. The summed E-state index contributed by atoms with van der Waals surface area (Å²) >= 11 is 0. The summed E-state index contributed by atoms with van der Waals surface area (Å²) in [7, 11) is 0. The van der Waals surface area contributed by atoms with Gasteiger partial charge in [0.2, 0.25) is 0 Å². The number of carbonyl (C=O) groups is 1. The third-order valence-corrected chi connectivity index (χ3v) is 3.93. The predicted octanol–water partition coefficient (Wildman–Crippen LogP) is 3.28. The maximum Gasteiger partial charge on any atom is 0.306 e. The third-order valence-electron chi connectivity index (χ3n) is 3.93. The molecule has 3 heteroatoms. The molecule has 1 heterocycles. The van der Waals surface area contributed by atoms with Gasteiger partial charge in [-0.05, 0) is 46.2 Å². The fourth-order valence-corrected chi connectivity index (χ4v) is 2.64. The van der Waals surface area contributed by atoms with Crippen molar-refractivity contribution in [1.82, 2.24) is 5.32 Å². The lowest BCUT2D eigenvalue weighted by Gasteiger charge is -2.36. The predicted molar refractivity (Wildman–Crippen MR) is 74.5 cm³/mol. The Morgan fingerprint density at radius 3 is 2.50 bits per heavy atom. The van der Waals surface area contributed by atoms with Crippen molar-refractivity contribution in [3.8, 4) is 0 Å². The number of hydrogen-bond donors (Lipinski definition) is 1. The Balaban J connectivity index is 2.27. The molecule has 0 saturated carbocycles. The lowest BCUT2D eigenvalue weighted by Crippen LogP contribution is -2.42. The van der Waals surface area contributed by atoms with Crippen LogP contribution in [0.5, 0.6) is 0 Å². The minimum Gasteiger partial charge on any atom is -0.459 e. The molecule has 0 radical (unpaired) electrons.